The van der Waals surface area contributed by atoms with Crippen molar-refractivity contribution in [1.82, 2.24) is 4.90 Å². The fraction of sp³-hybridized carbons (Fsp3) is 0.667. The number of hydrogen-bond donors (Lipinski definition) is 2. The topological polar surface area (TPSA) is 101 Å². The lowest BCUT2D eigenvalue weighted by Gasteiger charge is -2.18. The highest BCUT2D eigenvalue weighted by Gasteiger charge is 2.13. The molecule has 0 spiro atoms. The minimum absolute atomic E-state index is 0.0418. The van der Waals surface area contributed by atoms with E-state index in [4.69, 9.17) is 10.8 Å². The molecule has 0 rings (SSSR count). The molecule has 0 unspecified atom stereocenters. The maximum atomic E-state index is 11.4. The molecule has 0 fully saturated rings. The van der Waals surface area contributed by atoms with Crippen molar-refractivity contribution >= 4 is 17.8 Å². The van der Waals surface area contributed by atoms with Gasteiger partial charge in [-0.2, -0.15) is 0 Å². The van der Waals surface area contributed by atoms with Gasteiger partial charge in [0.15, 0.2) is 0 Å². The number of carboxylic acids is 1. The highest BCUT2D eigenvalue weighted by Crippen LogP contribution is 2.00. The molecule has 15 heavy (non-hydrogen) atoms. The van der Waals surface area contributed by atoms with Crippen LogP contribution in [0.25, 0.3) is 0 Å². The summed E-state index contributed by atoms with van der Waals surface area (Å²) in [5, 5.41) is 8.37. The van der Waals surface area contributed by atoms with E-state index in [1.54, 1.807) is 6.92 Å². The number of carboxylic acid groups (broad SMARTS) is 1. The number of rotatable bonds is 7. The molecule has 86 valence electrons. The summed E-state index contributed by atoms with van der Waals surface area (Å²) in [6.07, 6.45) is 0.372. The monoisotopic (exact) mass is 216 g/mol. The van der Waals surface area contributed by atoms with Crippen molar-refractivity contribution in [2.45, 2.75) is 26.2 Å². The average molecular weight is 216 g/mol. The van der Waals surface area contributed by atoms with Gasteiger partial charge in [-0.05, 0) is 13.3 Å². The fourth-order valence-corrected chi connectivity index (χ4v) is 1.11. The summed E-state index contributed by atoms with van der Waals surface area (Å²) in [4.78, 5) is 33.5. The molecule has 0 heterocycles. The summed E-state index contributed by atoms with van der Waals surface area (Å²) >= 11 is 0. The predicted octanol–water partition coefficient (Wildman–Crippen LogP) is -0.425. The Labute approximate surface area is 88.0 Å². The van der Waals surface area contributed by atoms with Crippen LogP contribution in [0.1, 0.15) is 26.2 Å². The quantitative estimate of drug-likeness (QED) is 0.603. The van der Waals surface area contributed by atoms with Gasteiger partial charge in [0.1, 0.15) is 0 Å². The van der Waals surface area contributed by atoms with E-state index in [0.717, 1.165) is 0 Å². The number of nitrogens with two attached hydrogens (primary N) is 1. The van der Waals surface area contributed by atoms with Crippen LogP contribution < -0.4 is 5.73 Å². The molecule has 6 nitrogen and oxygen atoms in total. The smallest absolute Gasteiger partial charge is 0.303 e. The standard InChI is InChI=1S/C9H16N2O4/c1-2-11(6-7(10)12)8(13)4-3-5-9(14)15/h2-6H2,1H3,(H2,10,12)(H,14,15). The van der Waals surface area contributed by atoms with Crippen LogP contribution >= 0.6 is 0 Å². The van der Waals surface area contributed by atoms with Gasteiger partial charge < -0.3 is 15.7 Å². The maximum absolute atomic E-state index is 11.4. The molecule has 0 aromatic carbocycles. The number of primary amides is 1. The molecule has 0 aromatic rings. The first kappa shape index (κ1) is 13.4. The van der Waals surface area contributed by atoms with Gasteiger partial charge in [-0.1, -0.05) is 0 Å². The minimum atomic E-state index is -0.930. The zero-order valence-electron chi connectivity index (χ0n) is 8.73. The van der Waals surface area contributed by atoms with Gasteiger partial charge in [0.2, 0.25) is 11.8 Å². The van der Waals surface area contributed by atoms with Gasteiger partial charge in [0.25, 0.3) is 0 Å². The number of nitrogens with zero attached hydrogens (tertiary/aromatic N) is 1. The second-order valence-electron chi connectivity index (χ2n) is 3.12. The lowest BCUT2D eigenvalue weighted by Crippen LogP contribution is -2.38. The Hall–Kier alpha value is -1.59. The summed E-state index contributed by atoms with van der Waals surface area (Å²) in [5.41, 5.74) is 4.96. The normalized spacial score (nSPS) is 9.67. The van der Waals surface area contributed by atoms with Crippen LogP contribution in [0.2, 0.25) is 0 Å². The highest BCUT2D eigenvalue weighted by molar-refractivity contribution is 5.83. The molecule has 0 saturated heterocycles. The van der Waals surface area contributed by atoms with E-state index in [9.17, 15) is 14.4 Å². The van der Waals surface area contributed by atoms with Gasteiger partial charge in [-0.3, -0.25) is 14.4 Å². The molecule has 0 saturated carbocycles. The molecule has 0 bridgehead atoms. The second kappa shape index (κ2) is 6.80. The van der Waals surface area contributed by atoms with E-state index in [1.807, 2.05) is 0 Å². The van der Waals surface area contributed by atoms with Crippen molar-refractivity contribution in [2.24, 2.45) is 5.73 Å². The zero-order chi connectivity index (χ0) is 11.8. The Balaban J connectivity index is 3.93. The van der Waals surface area contributed by atoms with E-state index in [-0.39, 0.29) is 31.7 Å². The maximum Gasteiger partial charge on any atom is 0.303 e. The number of aliphatic carboxylic acids is 1. The van der Waals surface area contributed by atoms with Crippen molar-refractivity contribution < 1.29 is 19.5 Å². The van der Waals surface area contributed by atoms with Crippen LogP contribution in [-0.4, -0.2) is 40.9 Å². The van der Waals surface area contributed by atoms with Crippen molar-refractivity contribution in [3.8, 4) is 0 Å². The Bertz CT molecular complexity index is 252. The third kappa shape index (κ3) is 6.48. The fourth-order valence-electron chi connectivity index (χ4n) is 1.11. The number of carbonyl (C=O) groups excluding carboxylic acids is 2. The molecule has 6 heteroatoms. The zero-order valence-corrected chi connectivity index (χ0v) is 8.73. The molecule has 2 amide bonds. The van der Waals surface area contributed by atoms with Gasteiger partial charge in [0.05, 0.1) is 6.54 Å². The van der Waals surface area contributed by atoms with E-state index in [0.29, 0.717) is 6.54 Å². The van der Waals surface area contributed by atoms with E-state index in [1.165, 1.54) is 4.90 Å². The largest absolute Gasteiger partial charge is 0.481 e. The molecular formula is C9H16N2O4. The number of hydrogen-bond acceptors (Lipinski definition) is 3. The molecule has 3 N–H and O–H groups in total. The number of likely N-dealkylation sites (N-methyl/N-ethyl adjacent to an activating group) is 1. The second-order valence-corrected chi connectivity index (χ2v) is 3.12. The molecule has 0 radical (unpaired) electrons. The van der Waals surface area contributed by atoms with Crippen molar-refractivity contribution in [3.05, 3.63) is 0 Å². The first-order valence-electron chi connectivity index (χ1n) is 4.75. The Morgan fingerprint density at radius 2 is 1.87 bits per heavy atom. The molecule has 0 aromatic heterocycles. The minimum Gasteiger partial charge on any atom is -0.481 e. The van der Waals surface area contributed by atoms with Crippen LogP contribution in [0.4, 0.5) is 0 Å². The summed E-state index contributed by atoms with van der Waals surface area (Å²) in [6.45, 7) is 2.02. The van der Waals surface area contributed by atoms with Crippen molar-refractivity contribution in [2.75, 3.05) is 13.1 Å². The van der Waals surface area contributed by atoms with Crippen LogP contribution in [0.3, 0.4) is 0 Å². The summed E-state index contributed by atoms with van der Waals surface area (Å²) in [7, 11) is 0. The third-order valence-electron chi connectivity index (χ3n) is 1.86. The third-order valence-corrected chi connectivity index (χ3v) is 1.86. The van der Waals surface area contributed by atoms with Crippen LogP contribution in [0.5, 0.6) is 0 Å². The summed E-state index contributed by atoms with van der Waals surface area (Å²) in [6, 6.07) is 0. The average Bonchev–Trinajstić information content (AvgIpc) is 2.13. The number of carbonyl (C=O) groups is 3. The summed E-state index contributed by atoms with van der Waals surface area (Å²) < 4.78 is 0. The molecule has 0 aliphatic carbocycles. The van der Waals surface area contributed by atoms with Crippen LogP contribution in [0.15, 0.2) is 0 Å². The molecular weight excluding hydrogens is 200 g/mol. The highest BCUT2D eigenvalue weighted by atomic mass is 16.4. The van der Waals surface area contributed by atoms with Crippen molar-refractivity contribution in [1.29, 1.82) is 0 Å². The van der Waals surface area contributed by atoms with Gasteiger partial charge in [-0.25, -0.2) is 0 Å². The lowest BCUT2D eigenvalue weighted by molar-refractivity contribution is -0.138. The van der Waals surface area contributed by atoms with Crippen LogP contribution in [0, 0.1) is 0 Å². The van der Waals surface area contributed by atoms with Gasteiger partial charge >= 0.3 is 5.97 Å². The molecule has 0 aliphatic heterocycles. The Morgan fingerprint density at radius 1 is 1.27 bits per heavy atom. The van der Waals surface area contributed by atoms with E-state index >= 15 is 0 Å². The summed E-state index contributed by atoms with van der Waals surface area (Å²) in [5.74, 6) is -1.73. The van der Waals surface area contributed by atoms with E-state index < -0.39 is 11.9 Å². The van der Waals surface area contributed by atoms with E-state index in [2.05, 4.69) is 0 Å². The predicted molar refractivity (Wildman–Crippen MR) is 52.9 cm³/mol. The Kier molecular flexibility index (Phi) is 6.08. The first-order chi connectivity index (χ1) is 6.97. The van der Waals surface area contributed by atoms with Gasteiger partial charge in [-0.15, -0.1) is 0 Å². The van der Waals surface area contributed by atoms with Gasteiger partial charge in [0, 0.05) is 19.4 Å². The van der Waals surface area contributed by atoms with Crippen LogP contribution in [-0.2, 0) is 14.4 Å². The molecule has 0 aliphatic rings. The number of amides is 2. The molecule has 0 atom stereocenters. The lowest BCUT2D eigenvalue weighted by atomic mass is 10.2. The first-order valence-corrected chi connectivity index (χ1v) is 4.75. The van der Waals surface area contributed by atoms with Crippen molar-refractivity contribution in [3.63, 3.8) is 0 Å². The SMILES string of the molecule is CCN(CC(N)=O)C(=O)CCCC(=O)O. The Morgan fingerprint density at radius 3 is 2.27 bits per heavy atom.